The Morgan fingerprint density at radius 1 is 1.06 bits per heavy atom. The van der Waals surface area contributed by atoms with Gasteiger partial charge in [0.05, 0.1) is 0 Å². The number of hydrogen-bond donors (Lipinski definition) is 1. The van der Waals surface area contributed by atoms with Crippen molar-refractivity contribution in [3.63, 3.8) is 0 Å². The summed E-state index contributed by atoms with van der Waals surface area (Å²) in [7, 11) is 0. The van der Waals surface area contributed by atoms with E-state index in [4.69, 9.17) is 9.57 Å². The summed E-state index contributed by atoms with van der Waals surface area (Å²) in [6, 6.07) is 0. The molecule has 1 rings (SSSR count). The van der Waals surface area contributed by atoms with Gasteiger partial charge in [0, 0.05) is 13.1 Å². The highest BCUT2D eigenvalue weighted by molar-refractivity contribution is 5.72. The van der Waals surface area contributed by atoms with E-state index in [0.29, 0.717) is 13.1 Å². The van der Waals surface area contributed by atoms with E-state index in [1.807, 2.05) is 5.48 Å². The quantitative estimate of drug-likeness (QED) is 0.678. The van der Waals surface area contributed by atoms with Crippen LogP contribution in [0.2, 0.25) is 0 Å². The van der Waals surface area contributed by atoms with Crippen LogP contribution in [0.4, 0.5) is 9.59 Å². The first-order valence-corrected chi connectivity index (χ1v) is 6.33. The summed E-state index contributed by atoms with van der Waals surface area (Å²) in [6.45, 7) is 6.57. The molecular formula is C12H22N2O4. The molecule has 1 aliphatic rings. The molecule has 1 aliphatic heterocycles. The molecule has 0 atom stereocenters. The van der Waals surface area contributed by atoms with Crippen molar-refractivity contribution in [3.05, 3.63) is 0 Å². The summed E-state index contributed by atoms with van der Waals surface area (Å²) in [6.07, 6.45) is 2.92. The molecular weight excluding hydrogens is 236 g/mol. The number of amides is 2. The average Bonchev–Trinajstić information content (AvgIpc) is 2.52. The first kappa shape index (κ1) is 14.6. The van der Waals surface area contributed by atoms with Crippen molar-refractivity contribution in [1.29, 1.82) is 0 Å². The van der Waals surface area contributed by atoms with Crippen molar-refractivity contribution in [2.24, 2.45) is 0 Å². The van der Waals surface area contributed by atoms with Gasteiger partial charge in [0.2, 0.25) is 0 Å². The fraction of sp³-hybridized carbons (Fsp3) is 0.833. The minimum atomic E-state index is -0.759. The first-order chi connectivity index (χ1) is 8.38. The summed E-state index contributed by atoms with van der Waals surface area (Å²) in [4.78, 5) is 29.2. The molecule has 0 aliphatic carbocycles. The first-order valence-electron chi connectivity index (χ1n) is 6.33. The van der Waals surface area contributed by atoms with Crippen LogP contribution in [0.3, 0.4) is 0 Å². The van der Waals surface area contributed by atoms with Gasteiger partial charge < -0.3 is 14.5 Å². The van der Waals surface area contributed by atoms with E-state index in [0.717, 1.165) is 25.7 Å². The van der Waals surface area contributed by atoms with Gasteiger partial charge in [-0.25, -0.2) is 9.59 Å². The fourth-order valence-corrected chi connectivity index (χ4v) is 1.70. The lowest BCUT2D eigenvalue weighted by molar-refractivity contribution is 0.00611. The molecule has 104 valence electrons. The van der Waals surface area contributed by atoms with Crippen LogP contribution >= 0.6 is 0 Å². The van der Waals surface area contributed by atoms with Crippen LogP contribution in [0.1, 0.15) is 46.5 Å². The van der Waals surface area contributed by atoms with Gasteiger partial charge in [-0.05, 0) is 33.6 Å². The second kappa shape index (κ2) is 6.47. The van der Waals surface area contributed by atoms with Crippen LogP contribution in [0.5, 0.6) is 0 Å². The van der Waals surface area contributed by atoms with E-state index in [2.05, 4.69) is 0 Å². The van der Waals surface area contributed by atoms with Crippen molar-refractivity contribution in [1.82, 2.24) is 10.4 Å². The molecule has 18 heavy (non-hydrogen) atoms. The summed E-state index contributed by atoms with van der Waals surface area (Å²) < 4.78 is 4.95. The molecule has 6 nitrogen and oxygen atoms in total. The molecule has 0 aromatic heterocycles. The molecule has 0 radical (unpaired) electrons. The van der Waals surface area contributed by atoms with E-state index in [-0.39, 0.29) is 0 Å². The molecule has 0 aromatic rings. The lowest BCUT2D eigenvalue weighted by Gasteiger charge is -2.21. The molecule has 0 bridgehead atoms. The van der Waals surface area contributed by atoms with Gasteiger partial charge >= 0.3 is 12.2 Å². The van der Waals surface area contributed by atoms with Gasteiger partial charge in [-0.3, -0.25) is 0 Å². The second-order valence-electron chi connectivity index (χ2n) is 5.37. The highest BCUT2D eigenvalue weighted by Crippen LogP contribution is 2.10. The van der Waals surface area contributed by atoms with Gasteiger partial charge in [-0.15, -0.1) is 5.48 Å². The predicted molar refractivity (Wildman–Crippen MR) is 65.9 cm³/mol. The van der Waals surface area contributed by atoms with Gasteiger partial charge in [0.15, 0.2) is 0 Å². The number of carbonyl (C=O) groups excluding carboxylic acids is 2. The average molecular weight is 258 g/mol. The van der Waals surface area contributed by atoms with Crippen molar-refractivity contribution in [2.75, 3.05) is 13.1 Å². The monoisotopic (exact) mass is 258 g/mol. The van der Waals surface area contributed by atoms with Crippen molar-refractivity contribution >= 4 is 12.2 Å². The van der Waals surface area contributed by atoms with Crippen LogP contribution in [-0.2, 0) is 9.57 Å². The molecule has 0 unspecified atom stereocenters. The van der Waals surface area contributed by atoms with Gasteiger partial charge in [0.1, 0.15) is 5.60 Å². The molecule has 0 spiro atoms. The third-order valence-corrected chi connectivity index (χ3v) is 2.48. The van der Waals surface area contributed by atoms with Gasteiger partial charge in [-0.1, -0.05) is 12.8 Å². The molecule has 0 aromatic carbocycles. The maximum Gasteiger partial charge on any atom is 0.441 e. The van der Waals surface area contributed by atoms with E-state index >= 15 is 0 Å². The molecule has 2 amide bonds. The van der Waals surface area contributed by atoms with Crippen molar-refractivity contribution in [2.45, 2.75) is 52.1 Å². The molecule has 1 saturated heterocycles. The molecule has 1 heterocycles. The Morgan fingerprint density at radius 3 is 2.11 bits per heavy atom. The third-order valence-electron chi connectivity index (χ3n) is 2.48. The Hall–Kier alpha value is -1.46. The normalized spacial score (nSPS) is 16.7. The predicted octanol–water partition coefficient (Wildman–Crippen LogP) is 2.44. The summed E-state index contributed by atoms with van der Waals surface area (Å²) in [5.41, 5.74) is 1.39. The highest BCUT2D eigenvalue weighted by Gasteiger charge is 2.20. The van der Waals surface area contributed by atoms with Crippen LogP contribution in [0.15, 0.2) is 0 Å². The van der Waals surface area contributed by atoms with E-state index in [1.165, 1.54) is 0 Å². The number of likely N-dealkylation sites (tertiary alicyclic amines) is 1. The minimum Gasteiger partial charge on any atom is -0.442 e. The van der Waals surface area contributed by atoms with E-state index in [1.54, 1.807) is 25.7 Å². The largest absolute Gasteiger partial charge is 0.442 e. The standard InChI is InChI=1S/C12H22N2O4/c1-12(2,3)17-10(15)13-18-11(16)14-8-6-4-5-7-9-14/h4-9H2,1-3H3,(H,13,15). The summed E-state index contributed by atoms with van der Waals surface area (Å²) in [5, 5.41) is 0. The number of carbonyl (C=O) groups is 2. The Morgan fingerprint density at radius 2 is 1.61 bits per heavy atom. The van der Waals surface area contributed by atoms with Crippen LogP contribution in [0, 0.1) is 0 Å². The van der Waals surface area contributed by atoms with Crippen LogP contribution in [0.25, 0.3) is 0 Å². The molecule has 1 N–H and O–H groups in total. The number of hydroxylamine groups is 1. The smallest absolute Gasteiger partial charge is 0.441 e. The zero-order valence-corrected chi connectivity index (χ0v) is 11.3. The van der Waals surface area contributed by atoms with Crippen molar-refractivity contribution < 1.29 is 19.2 Å². The minimum absolute atomic E-state index is 0.525. The maximum atomic E-state index is 11.7. The zero-order valence-electron chi connectivity index (χ0n) is 11.3. The van der Waals surface area contributed by atoms with E-state index < -0.39 is 17.8 Å². The van der Waals surface area contributed by atoms with Gasteiger partial charge in [-0.2, -0.15) is 0 Å². The topological polar surface area (TPSA) is 67.9 Å². The molecule has 6 heteroatoms. The Kier molecular flexibility index (Phi) is 5.25. The van der Waals surface area contributed by atoms with Crippen molar-refractivity contribution in [3.8, 4) is 0 Å². The number of rotatable bonds is 0. The SMILES string of the molecule is CC(C)(C)OC(=O)NOC(=O)N1CCCCCC1. The zero-order chi connectivity index (χ0) is 13.6. The maximum absolute atomic E-state index is 11.7. The Balaban J connectivity index is 2.29. The second-order valence-corrected chi connectivity index (χ2v) is 5.37. The lowest BCUT2D eigenvalue weighted by Crippen LogP contribution is -2.39. The Labute approximate surface area is 108 Å². The van der Waals surface area contributed by atoms with Crippen LogP contribution in [-0.4, -0.2) is 35.8 Å². The molecule has 1 fully saturated rings. The number of nitrogens with zero attached hydrogens (tertiary/aromatic N) is 1. The molecule has 0 saturated carbocycles. The number of nitrogens with one attached hydrogen (secondary N) is 1. The van der Waals surface area contributed by atoms with E-state index in [9.17, 15) is 9.59 Å². The fourth-order valence-electron chi connectivity index (χ4n) is 1.70. The highest BCUT2D eigenvalue weighted by atomic mass is 16.7. The number of ether oxygens (including phenoxy) is 1. The lowest BCUT2D eigenvalue weighted by atomic mass is 10.2. The Bertz CT molecular complexity index is 291. The summed E-state index contributed by atoms with van der Waals surface area (Å²) in [5.74, 6) is 0. The summed E-state index contributed by atoms with van der Waals surface area (Å²) >= 11 is 0. The van der Waals surface area contributed by atoms with Crippen LogP contribution < -0.4 is 5.48 Å². The van der Waals surface area contributed by atoms with Gasteiger partial charge in [0.25, 0.3) is 0 Å². The number of hydrogen-bond acceptors (Lipinski definition) is 4. The third kappa shape index (κ3) is 5.75.